The average molecular weight is 280 g/mol. The summed E-state index contributed by atoms with van der Waals surface area (Å²) < 4.78 is 5.52. The van der Waals surface area contributed by atoms with Crippen LogP contribution in [0.15, 0.2) is 0 Å². The van der Waals surface area contributed by atoms with E-state index in [9.17, 15) is 4.79 Å². The molecule has 4 unspecified atom stereocenters. The van der Waals surface area contributed by atoms with Crippen molar-refractivity contribution in [1.29, 1.82) is 0 Å². The molecule has 0 radical (unpaired) electrons. The van der Waals surface area contributed by atoms with Crippen LogP contribution < -0.4 is 0 Å². The van der Waals surface area contributed by atoms with Crippen molar-refractivity contribution < 1.29 is 9.53 Å². The number of carbonyl (C=O) groups is 1. The van der Waals surface area contributed by atoms with Crippen molar-refractivity contribution in [2.45, 2.75) is 83.7 Å². The number of carbonyl (C=O) groups excluding carboxylic acids is 1. The zero-order valence-electron chi connectivity index (χ0n) is 13.4. The summed E-state index contributed by atoms with van der Waals surface area (Å²) in [5.41, 5.74) is 0. The van der Waals surface area contributed by atoms with E-state index in [0.29, 0.717) is 17.8 Å². The maximum absolute atomic E-state index is 12.3. The number of hydrogen-bond acceptors (Lipinski definition) is 2. The largest absolute Gasteiger partial charge is 0.381 e. The number of Topliss-reactive ketones (excluding diaryl/α,β-unsaturated/α-hetero) is 1. The summed E-state index contributed by atoms with van der Waals surface area (Å²) in [5, 5.41) is 0. The first-order valence-electron chi connectivity index (χ1n) is 8.80. The zero-order chi connectivity index (χ0) is 14.4. The van der Waals surface area contributed by atoms with Crippen LogP contribution in [-0.4, -0.2) is 19.0 Å². The van der Waals surface area contributed by atoms with E-state index in [1.807, 2.05) is 7.11 Å². The maximum atomic E-state index is 12.3. The van der Waals surface area contributed by atoms with Crippen LogP contribution in [0.4, 0.5) is 0 Å². The second-order valence-corrected chi connectivity index (χ2v) is 6.98. The molecule has 2 aliphatic carbocycles. The summed E-state index contributed by atoms with van der Waals surface area (Å²) in [6.07, 6.45) is 13.5. The van der Waals surface area contributed by atoms with Crippen LogP contribution in [0.1, 0.15) is 77.6 Å². The minimum atomic E-state index is 0.386. The van der Waals surface area contributed by atoms with E-state index in [4.69, 9.17) is 4.74 Å². The van der Waals surface area contributed by atoms with Crippen molar-refractivity contribution in [1.82, 2.24) is 0 Å². The summed E-state index contributed by atoms with van der Waals surface area (Å²) in [7, 11) is 1.84. The Morgan fingerprint density at radius 1 is 1.00 bits per heavy atom. The molecule has 2 saturated carbocycles. The third-order valence-corrected chi connectivity index (χ3v) is 5.63. The van der Waals surface area contributed by atoms with Gasteiger partial charge in [-0.05, 0) is 56.8 Å². The van der Waals surface area contributed by atoms with Gasteiger partial charge in [-0.2, -0.15) is 0 Å². The molecule has 2 nitrogen and oxygen atoms in total. The molecule has 0 aliphatic heterocycles. The number of fused-ring (bicyclic) bond motifs is 1. The van der Waals surface area contributed by atoms with E-state index in [-0.39, 0.29) is 0 Å². The second kappa shape index (κ2) is 8.17. The standard InChI is InChI=1S/C18H32O2/c1-3-4-5-6-7-18(19)16-9-8-15-13-17(20-2)11-10-14(15)12-16/h14-17H,3-13H2,1-2H3. The molecule has 0 bridgehead atoms. The van der Waals surface area contributed by atoms with E-state index in [0.717, 1.165) is 31.1 Å². The summed E-state index contributed by atoms with van der Waals surface area (Å²) >= 11 is 0. The Labute approximate surface area is 124 Å². The highest BCUT2D eigenvalue weighted by molar-refractivity contribution is 5.81. The summed E-state index contributed by atoms with van der Waals surface area (Å²) in [4.78, 5) is 12.3. The van der Waals surface area contributed by atoms with Gasteiger partial charge in [0.25, 0.3) is 0 Å². The van der Waals surface area contributed by atoms with Crippen LogP contribution in [0.5, 0.6) is 0 Å². The molecule has 0 amide bonds. The molecule has 0 aromatic rings. The van der Waals surface area contributed by atoms with Crippen molar-refractivity contribution in [3.63, 3.8) is 0 Å². The van der Waals surface area contributed by atoms with Crippen molar-refractivity contribution in [2.24, 2.45) is 17.8 Å². The molecule has 0 aromatic heterocycles. The van der Waals surface area contributed by atoms with Gasteiger partial charge in [-0.15, -0.1) is 0 Å². The molecule has 0 heterocycles. The summed E-state index contributed by atoms with van der Waals surface area (Å²) in [6.45, 7) is 2.22. The Bertz CT molecular complexity index is 300. The molecule has 20 heavy (non-hydrogen) atoms. The quantitative estimate of drug-likeness (QED) is 0.629. The van der Waals surface area contributed by atoms with Crippen LogP contribution in [0, 0.1) is 17.8 Å². The molecule has 116 valence electrons. The van der Waals surface area contributed by atoms with Gasteiger partial charge in [0.15, 0.2) is 0 Å². The number of ether oxygens (including phenoxy) is 1. The molecule has 2 rings (SSSR count). The predicted octanol–water partition coefficient (Wildman–Crippen LogP) is 4.76. The zero-order valence-corrected chi connectivity index (χ0v) is 13.4. The first-order valence-corrected chi connectivity index (χ1v) is 8.80. The maximum Gasteiger partial charge on any atom is 0.135 e. The highest BCUT2D eigenvalue weighted by Crippen LogP contribution is 2.43. The smallest absolute Gasteiger partial charge is 0.135 e. The Hall–Kier alpha value is -0.370. The number of rotatable bonds is 7. The molecular formula is C18H32O2. The first kappa shape index (κ1) is 16.0. The van der Waals surface area contributed by atoms with Gasteiger partial charge < -0.3 is 4.74 Å². The van der Waals surface area contributed by atoms with E-state index in [1.165, 1.54) is 51.4 Å². The Morgan fingerprint density at radius 2 is 1.75 bits per heavy atom. The van der Waals surface area contributed by atoms with Gasteiger partial charge in [-0.1, -0.05) is 26.2 Å². The summed E-state index contributed by atoms with van der Waals surface area (Å²) in [6, 6.07) is 0. The van der Waals surface area contributed by atoms with Crippen LogP contribution in [0.3, 0.4) is 0 Å². The van der Waals surface area contributed by atoms with E-state index < -0.39 is 0 Å². The monoisotopic (exact) mass is 280 g/mol. The Balaban J connectivity index is 1.73. The number of unbranched alkanes of at least 4 members (excludes halogenated alkanes) is 3. The van der Waals surface area contributed by atoms with Crippen LogP contribution in [0.2, 0.25) is 0 Å². The minimum absolute atomic E-state index is 0.386. The highest BCUT2D eigenvalue weighted by atomic mass is 16.5. The SMILES string of the molecule is CCCCCCC(=O)C1CCC2CC(OC)CCC2C1. The fraction of sp³-hybridized carbons (Fsp3) is 0.944. The average Bonchev–Trinajstić information content (AvgIpc) is 2.50. The number of methoxy groups -OCH3 is 1. The van der Waals surface area contributed by atoms with Crippen LogP contribution >= 0.6 is 0 Å². The molecule has 0 spiro atoms. The van der Waals surface area contributed by atoms with E-state index in [2.05, 4.69) is 6.92 Å². The van der Waals surface area contributed by atoms with Crippen molar-refractivity contribution in [2.75, 3.05) is 7.11 Å². The van der Waals surface area contributed by atoms with Gasteiger partial charge in [-0.3, -0.25) is 4.79 Å². The fourth-order valence-corrected chi connectivity index (χ4v) is 4.28. The van der Waals surface area contributed by atoms with Gasteiger partial charge in [-0.25, -0.2) is 0 Å². The lowest BCUT2D eigenvalue weighted by atomic mass is 9.66. The van der Waals surface area contributed by atoms with E-state index >= 15 is 0 Å². The molecule has 2 fully saturated rings. The van der Waals surface area contributed by atoms with Crippen molar-refractivity contribution in [3.05, 3.63) is 0 Å². The first-order chi connectivity index (χ1) is 9.74. The Morgan fingerprint density at radius 3 is 2.50 bits per heavy atom. The molecule has 0 N–H and O–H groups in total. The van der Waals surface area contributed by atoms with E-state index in [1.54, 1.807) is 0 Å². The van der Waals surface area contributed by atoms with Gasteiger partial charge >= 0.3 is 0 Å². The summed E-state index contributed by atoms with van der Waals surface area (Å²) in [5.74, 6) is 2.59. The highest BCUT2D eigenvalue weighted by Gasteiger charge is 2.37. The van der Waals surface area contributed by atoms with Crippen molar-refractivity contribution >= 4 is 5.78 Å². The lowest BCUT2D eigenvalue weighted by Gasteiger charge is -2.41. The normalized spacial score (nSPS) is 33.7. The molecule has 4 atom stereocenters. The predicted molar refractivity (Wildman–Crippen MR) is 82.7 cm³/mol. The number of hydrogen-bond donors (Lipinski definition) is 0. The van der Waals surface area contributed by atoms with Gasteiger partial charge in [0.05, 0.1) is 6.10 Å². The lowest BCUT2D eigenvalue weighted by Crippen LogP contribution is -2.35. The minimum Gasteiger partial charge on any atom is -0.381 e. The lowest BCUT2D eigenvalue weighted by molar-refractivity contribution is -0.125. The van der Waals surface area contributed by atoms with Crippen LogP contribution in [-0.2, 0) is 9.53 Å². The van der Waals surface area contributed by atoms with Gasteiger partial charge in [0, 0.05) is 19.4 Å². The molecule has 0 saturated heterocycles. The second-order valence-electron chi connectivity index (χ2n) is 6.98. The topological polar surface area (TPSA) is 26.3 Å². The Kier molecular flexibility index (Phi) is 6.54. The van der Waals surface area contributed by atoms with Gasteiger partial charge in [0.2, 0.25) is 0 Å². The molecule has 0 aromatic carbocycles. The number of ketones is 1. The third-order valence-electron chi connectivity index (χ3n) is 5.63. The van der Waals surface area contributed by atoms with Gasteiger partial charge in [0.1, 0.15) is 5.78 Å². The third kappa shape index (κ3) is 4.31. The molecule has 2 heteroatoms. The molecule has 2 aliphatic rings. The van der Waals surface area contributed by atoms with Crippen molar-refractivity contribution in [3.8, 4) is 0 Å². The molecular weight excluding hydrogens is 248 g/mol. The fourth-order valence-electron chi connectivity index (χ4n) is 4.28. The van der Waals surface area contributed by atoms with Crippen LogP contribution in [0.25, 0.3) is 0 Å².